The molecule has 0 spiro atoms. The Labute approximate surface area is 123 Å². The molecule has 0 saturated heterocycles. The summed E-state index contributed by atoms with van der Waals surface area (Å²) in [5, 5.41) is 5.03. The largest absolute Gasteiger partial charge is 0.351 e. The van der Waals surface area contributed by atoms with Crippen LogP contribution in [0.15, 0.2) is 41.8 Å². The van der Waals surface area contributed by atoms with Gasteiger partial charge in [0.1, 0.15) is 0 Å². The second-order valence-electron chi connectivity index (χ2n) is 5.27. The monoisotopic (exact) mass is 289 g/mol. The molecule has 4 nitrogen and oxygen atoms in total. The Balaban J connectivity index is 1.98. The fourth-order valence-electron chi connectivity index (χ4n) is 1.87. The molecule has 0 radical (unpaired) electrons. The second kappa shape index (κ2) is 6.07. The molecule has 5 heteroatoms. The van der Waals surface area contributed by atoms with Crippen molar-refractivity contribution in [2.24, 2.45) is 5.84 Å². The third-order valence-electron chi connectivity index (χ3n) is 3.19. The molecule has 0 saturated carbocycles. The van der Waals surface area contributed by atoms with Gasteiger partial charge in [0.25, 0.3) is 5.91 Å². The summed E-state index contributed by atoms with van der Waals surface area (Å²) >= 11 is 1.71. The Hall–Kier alpha value is -1.85. The van der Waals surface area contributed by atoms with Crippen LogP contribution in [0.4, 0.5) is 5.69 Å². The van der Waals surface area contributed by atoms with Gasteiger partial charge in [0.05, 0.1) is 0 Å². The van der Waals surface area contributed by atoms with E-state index in [-0.39, 0.29) is 11.3 Å². The van der Waals surface area contributed by atoms with Crippen LogP contribution in [-0.2, 0) is 5.41 Å². The Bertz CT molecular complexity index is 561. The highest BCUT2D eigenvalue weighted by molar-refractivity contribution is 7.10. The predicted octanol–water partition coefficient (Wildman–Crippen LogP) is 2.74. The van der Waals surface area contributed by atoms with Crippen molar-refractivity contribution < 1.29 is 4.79 Å². The zero-order valence-electron chi connectivity index (χ0n) is 11.6. The predicted molar refractivity (Wildman–Crippen MR) is 83.9 cm³/mol. The Morgan fingerprint density at radius 3 is 2.50 bits per heavy atom. The lowest BCUT2D eigenvalue weighted by atomic mass is 9.91. The van der Waals surface area contributed by atoms with E-state index in [2.05, 4.69) is 36.0 Å². The van der Waals surface area contributed by atoms with Gasteiger partial charge in [-0.1, -0.05) is 19.9 Å². The van der Waals surface area contributed by atoms with Crippen LogP contribution in [-0.4, -0.2) is 12.5 Å². The van der Waals surface area contributed by atoms with E-state index in [9.17, 15) is 4.79 Å². The number of carbonyl (C=O) groups is 1. The van der Waals surface area contributed by atoms with Crippen molar-refractivity contribution in [2.45, 2.75) is 19.3 Å². The molecule has 20 heavy (non-hydrogen) atoms. The summed E-state index contributed by atoms with van der Waals surface area (Å²) in [4.78, 5) is 13.4. The average molecular weight is 289 g/mol. The third kappa shape index (κ3) is 3.37. The van der Waals surface area contributed by atoms with Crippen LogP contribution >= 0.6 is 11.3 Å². The number of anilines is 1. The lowest BCUT2D eigenvalue weighted by molar-refractivity contribution is 0.0946. The molecule has 0 aliphatic heterocycles. The minimum Gasteiger partial charge on any atom is -0.351 e. The Morgan fingerprint density at radius 2 is 1.95 bits per heavy atom. The highest BCUT2D eigenvalue weighted by Crippen LogP contribution is 2.26. The van der Waals surface area contributed by atoms with E-state index in [0.29, 0.717) is 12.1 Å². The van der Waals surface area contributed by atoms with Gasteiger partial charge >= 0.3 is 0 Å². The van der Waals surface area contributed by atoms with Gasteiger partial charge in [-0.2, -0.15) is 0 Å². The van der Waals surface area contributed by atoms with Crippen LogP contribution < -0.4 is 16.6 Å². The number of amides is 1. The first-order chi connectivity index (χ1) is 9.53. The summed E-state index contributed by atoms with van der Waals surface area (Å²) in [6.07, 6.45) is 0. The Morgan fingerprint density at radius 1 is 1.25 bits per heavy atom. The van der Waals surface area contributed by atoms with E-state index in [1.54, 1.807) is 35.6 Å². The van der Waals surface area contributed by atoms with Crippen molar-refractivity contribution in [1.29, 1.82) is 0 Å². The molecule has 0 bridgehead atoms. The first kappa shape index (κ1) is 14.6. The van der Waals surface area contributed by atoms with E-state index >= 15 is 0 Å². The quantitative estimate of drug-likeness (QED) is 0.585. The van der Waals surface area contributed by atoms with Crippen molar-refractivity contribution in [3.8, 4) is 0 Å². The number of hydrazine groups is 1. The van der Waals surface area contributed by atoms with Gasteiger partial charge in [0.15, 0.2) is 0 Å². The molecule has 0 aliphatic rings. The number of hydrogen-bond donors (Lipinski definition) is 3. The molecule has 0 unspecified atom stereocenters. The van der Waals surface area contributed by atoms with Crippen LogP contribution in [0.5, 0.6) is 0 Å². The lowest BCUT2D eigenvalue weighted by Crippen LogP contribution is -2.36. The van der Waals surface area contributed by atoms with E-state index in [1.165, 1.54) is 4.88 Å². The van der Waals surface area contributed by atoms with Crippen molar-refractivity contribution in [1.82, 2.24) is 5.32 Å². The third-order valence-corrected chi connectivity index (χ3v) is 4.43. The Kier molecular flexibility index (Phi) is 4.42. The van der Waals surface area contributed by atoms with Gasteiger partial charge in [-0.05, 0) is 35.7 Å². The molecule has 1 amide bonds. The SMILES string of the molecule is CC(C)(CNC(=O)c1ccc(NN)cc1)c1cccs1. The summed E-state index contributed by atoms with van der Waals surface area (Å²) in [6.45, 7) is 4.85. The molecular formula is C15H19N3OS. The second-order valence-corrected chi connectivity index (χ2v) is 6.21. The smallest absolute Gasteiger partial charge is 0.251 e. The van der Waals surface area contributed by atoms with Crippen LogP contribution in [0.2, 0.25) is 0 Å². The van der Waals surface area contributed by atoms with E-state index in [4.69, 9.17) is 5.84 Å². The van der Waals surface area contributed by atoms with Crippen LogP contribution in [0.25, 0.3) is 0 Å². The maximum atomic E-state index is 12.1. The van der Waals surface area contributed by atoms with Crippen molar-refractivity contribution >= 4 is 22.9 Å². The molecule has 2 rings (SSSR count). The topological polar surface area (TPSA) is 67.2 Å². The number of nitrogen functional groups attached to an aromatic ring is 1. The van der Waals surface area contributed by atoms with Gasteiger partial charge < -0.3 is 10.7 Å². The van der Waals surface area contributed by atoms with Crippen LogP contribution in [0.3, 0.4) is 0 Å². The number of benzene rings is 1. The van der Waals surface area contributed by atoms with Crippen LogP contribution in [0.1, 0.15) is 29.1 Å². The van der Waals surface area contributed by atoms with Crippen molar-refractivity contribution in [2.75, 3.05) is 12.0 Å². The molecule has 4 N–H and O–H groups in total. The number of nitrogens with two attached hydrogens (primary N) is 1. The van der Waals surface area contributed by atoms with Gasteiger partial charge in [-0.3, -0.25) is 10.6 Å². The first-order valence-corrected chi connectivity index (χ1v) is 7.30. The van der Waals surface area contributed by atoms with E-state index < -0.39 is 0 Å². The van der Waals surface area contributed by atoms with Crippen molar-refractivity contribution in [3.05, 3.63) is 52.2 Å². The van der Waals surface area contributed by atoms with Crippen LogP contribution in [0, 0.1) is 0 Å². The molecule has 0 fully saturated rings. The van der Waals surface area contributed by atoms with Crippen molar-refractivity contribution in [3.63, 3.8) is 0 Å². The standard InChI is InChI=1S/C15H19N3OS/c1-15(2,13-4-3-9-20-13)10-17-14(19)11-5-7-12(18-16)8-6-11/h3-9,18H,10,16H2,1-2H3,(H,17,19). The van der Waals surface area contributed by atoms with Gasteiger partial charge in [0.2, 0.25) is 0 Å². The van der Waals surface area contributed by atoms with Gasteiger partial charge in [-0.15, -0.1) is 11.3 Å². The average Bonchev–Trinajstić information content (AvgIpc) is 3.00. The molecule has 0 aliphatic carbocycles. The zero-order valence-corrected chi connectivity index (χ0v) is 12.5. The lowest BCUT2D eigenvalue weighted by Gasteiger charge is -2.23. The van der Waals surface area contributed by atoms with E-state index in [0.717, 1.165) is 5.69 Å². The minimum absolute atomic E-state index is 0.0669. The zero-order chi connectivity index (χ0) is 14.6. The van der Waals surface area contributed by atoms with Gasteiger partial charge in [0, 0.05) is 28.1 Å². The fourth-order valence-corrected chi connectivity index (χ4v) is 2.72. The van der Waals surface area contributed by atoms with E-state index in [1.807, 2.05) is 6.07 Å². The summed E-state index contributed by atoms with van der Waals surface area (Å²) < 4.78 is 0. The summed E-state index contributed by atoms with van der Waals surface area (Å²) in [6, 6.07) is 11.2. The summed E-state index contributed by atoms with van der Waals surface area (Å²) in [5.74, 6) is 5.23. The molecular weight excluding hydrogens is 270 g/mol. The minimum atomic E-state index is -0.0711. The molecule has 0 atom stereocenters. The summed E-state index contributed by atoms with van der Waals surface area (Å²) in [7, 11) is 0. The first-order valence-electron chi connectivity index (χ1n) is 6.42. The fraction of sp³-hybridized carbons (Fsp3) is 0.267. The van der Waals surface area contributed by atoms with Gasteiger partial charge in [-0.25, -0.2) is 0 Å². The highest BCUT2D eigenvalue weighted by Gasteiger charge is 2.22. The normalized spacial score (nSPS) is 11.2. The maximum absolute atomic E-state index is 12.1. The highest BCUT2D eigenvalue weighted by atomic mass is 32.1. The number of carbonyl (C=O) groups excluding carboxylic acids is 1. The molecule has 2 aromatic rings. The molecule has 106 valence electrons. The number of hydrogen-bond acceptors (Lipinski definition) is 4. The number of nitrogens with one attached hydrogen (secondary N) is 2. The maximum Gasteiger partial charge on any atom is 0.251 e. The number of thiophene rings is 1. The molecule has 1 aromatic carbocycles. The molecule has 1 heterocycles. The summed E-state index contributed by atoms with van der Waals surface area (Å²) in [5.41, 5.74) is 3.88. The number of rotatable bonds is 5. The molecule has 1 aromatic heterocycles.